The molecule has 1 heterocycles. The van der Waals surface area contributed by atoms with Gasteiger partial charge in [0.05, 0.1) is 5.69 Å². The van der Waals surface area contributed by atoms with E-state index >= 15 is 0 Å². The van der Waals surface area contributed by atoms with E-state index < -0.39 is 0 Å². The van der Waals surface area contributed by atoms with Crippen LogP contribution in [0.2, 0.25) is 0 Å². The number of anilines is 1. The van der Waals surface area contributed by atoms with Crippen LogP contribution in [0.1, 0.15) is 18.4 Å². The molecule has 0 amide bonds. The van der Waals surface area contributed by atoms with Gasteiger partial charge in [-0.2, -0.15) is 5.10 Å². The van der Waals surface area contributed by atoms with Crippen LogP contribution in [-0.2, 0) is 6.54 Å². The quantitative estimate of drug-likeness (QED) is 0.840. The van der Waals surface area contributed by atoms with Crippen molar-refractivity contribution in [3.63, 3.8) is 0 Å². The van der Waals surface area contributed by atoms with Crippen LogP contribution in [-0.4, -0.2) is 15.8 Å². The van der Waals surface area contributed by atoms with E-state index in [1.165, 1.54) is 12.8 Å². The highest BCUT2D eigenvalue weighted by molar-refractivity contribution is 5.43. The van der Waals surface area contributed by atoms with Crippen molar-refractivity contribution in [1.29, 1.82) is 0 Å². The summed E-state index contributed by atoms with van der Waals surface area (Å²) in [6.45, 7) is 0.529. The maximum Gasteiger partial charge on any atom is 0.148 e. The molecule has 0 aliphatic heterocycles. The molecule has 4 heteroatoms. The molecule has 4 nitrogen and oxygen atoms in total. The molecule has 17 heavy (non-hydrogen) atoms. The zero-order chi connectivity index (χ0) is 11.7. The third-order valence-corrected chi connectivity index (χ3v) is 2.98. The normalized spacial score (nSPS) is 14.9. The number of rotatable bonds is 4. The van der Waals surface area contributed by atoms with E-state index in [1.54, 1.807) is 0 Å². The molecule has 0 bridgehead atoms. The summed E-state index contributed by atoms with van der Waals surface area (Å²) in [6, 6.07) is 10.7. The average molecular weight is 228 g/mol. The third-order valence-electron chi connectivity index (χ3n) is 2.98. The van der Waals surface area contributed by atoms with Crippen molar-refractivity contribution < 1.29 is 0 Å². The predicted octanol–water partition coefficient (Wildman–Crippen LogP) is 1.91. The van der Waals surface area contributed by atoms with Gasteiger partial charge in [0.25, 0.3) is 0 Å². The fraction of sp³-hybridized carbons (Fsp3) is 0.308. The molecule has 1 aliphatic rings. The summed E-state index contributed by atoms with van der Waals surface area (Å²) in [7, 11) is 0. The van der Waals surface area contributed by atoms with Gasteiger partial charge >= 0.3 is 0 Å². The van der Waals surface area contributed by atoms with E-state index in [-0.39, 0.29) is 0 Å². The number of hydrogen-bond acceptors (Lipinski definition) is 3. The molecule has 0 unspecified atom stereocenters. The summed E-state index contributed by atoms with van der Waals surface area (Å²) in [4.78, 5) is 0. The zero-order valence-corrected chi connectivity index (χ0v) is 9.63. The van der Waals surface area contributed by atoms with Crippen molar-refractivity contribution in [2.45, 2.75) is 25.4 Å². The van der Waals surface area contributed by atoms with E-state index in [0.29, 0.717) is 12.6 Å². The van der Waals surface area contributed by atoms with Crippen molar-refractivity contribution in [3.05, 3.63) is 42.1 Å². The van der Waals surface area contributed by atoms with Gasteiger partial charge in [-0.25, -0.2) is 4.68 Å². The van der Waals surface area contributed by atoms with Crippen molar-refractivity contribution in [2.24, 2.45) is 5.73 Å². The Kier molecular flexibility index (Phi) is 2.57. The van der Waals surface area contributed by atoms with Gasteiger partial charge in [0.15, 0.2) is 0 Å². The van der Waals surface area contributed by atoms with Crippen LogP contribution in [0.3, 0.4) is 0 Å². The topological polar surface area (TPSA) is 55.9 Å². The number of hydrogen-bond donors (Lipinski definition) is 2. The highest BCUT2D eigenvalue weighted by Gasteiger charge is 2.21. The second kappa shape index (κ2) is 4.22. The lowest BCUT2D eigenvalue weighted by atomic mass is 10.2. The number of nitrogens with one attached hydrogen (secondary N) is 1. The van der Waals surface area contributed by atoms with Crippen LogP contribution in [0.5, 0.6) is 0 Å². The molecule has 0 spiro atoms. The largest absolute Gasteiger partial charge is 0.366 e. The lowest BCUT2D eigenvalue weighted by molar-refractivity contribution is 0.856. The smallest absolute Gasteiger partial charge is 0.148 e. The van der Waals surface area contributed by atoms with Gasteiger partial charge in [-0.05, 0) is 24.5 Å². The first-order valence-electron chi connectivity index (χ1n) is 5.97. The first-order chi connectivity index (χ1) is 8.36. The Hall–Kier alpha value is -1.81. The summed E-state index contributed by atoms with van der Waals surface area (Å²) >= 11 is 0. The first-order valence-corrected chi connectivity index (χ1v) is 5.97. The van der Waals surface area contributed by atoms with Gasteiger partial charge < -0.3 is 11.1 Å². The summed E-state index contributed by atoms with van der Waals surface area (Å²) in [5, 5.41) is 7.90. The Morgan fingerprint density at radius 2 is 2.12 bits per heavy atom. The number of nitrogens with zero attached hydrogens (tertiary/aromatic N) is 2. The van der Waals surface area contributed by atoms with Crippen molar-refractivity contribution in [2.75, 3.05) is 5.32 Å². The fourth-order valence-electron chi connectivity index (χ4n) is 1.88. The van der Waals surface area contributed by atoms with Crippen molar-refractivity contribution >= 4 is 5.82 Å². The molecule has 1 aromatic heterocycles. The second-order valence-corrected chi connectivity index (χ2v) is 4.40. The predicted molar refractivity (Wildman–Crippen MR) is 68.1 cm³/mol. The zero-order valence-electron chi connectivity index (χ0n) is 9.63. The highest BCUT2D eigenvalue weighted by Crippen LogP contribution is 2.24. The minimum Gasteiger partial charge on any atom is -0.366 e. The van der Waals surface area contributed by atoms with Crippen LogP contribution >= 0.6 is 0 Å². The Morgan fingerprint density at radius 3 is 2.88 bits per heavy atom. The molecular formula is C13H16N4. The highest BCUT2D eigenvalue weighted by atomic mass is 15.3. The monoisotopic (exact) mass is 228 g/mol. The van der Waals surface area contributed by atoms with Gasteiger partial charge in [-0.1, -0.05) is 18.2 Å². The molecule has 1 saturated carbocycles. The van der Waals surface area contributed by atoms with Crippen molar-refractivity contribution in [3.8, 4) is 5.69 Å². The number of para-hydroxylation sites is 1. The SMILES string of the molecule is NCc1ccccc1-n1ccc(NC2CC2)n1. The molecule has 0 atom stereocenters. The summed E-state index contributed by atoms with van der Waals surface area (Å²) in [5.41, 5.74) is 7.89. The third kappa shape index (κ3) is 2.17. The van der Waals surface area contributed by atoms with Crippen LogP contribution in [0.15, 0.2) is 36.5 Å². The molecule has 0 radical (unpaired) electrons. The van der Waals surface area contributed by atoms with Gasteiger partial charge in [0, 0.05) is 24.8 Å². The lowest BCUT2D eigenvalue weighted by Crippen LogP contribution is -2.06. The number of nitrogens with two attached hydrogens (primary N) is 1. The standard InChI is InChI=1S/C13H16N4/c14-9-10-3-1-2-4-12(10)17-8-7-13(16-17)15-11-5-6-11/h1-4,7-8,11H,5-6,9,14H2,(H,15,16). The second-order valence-electron chi connectivity index (χ2n) is 4.40. The molecular weight excluding hydrogens is 212 g/mol. The fourth-order valence-corrected chi connectivity index (χ4v) is 1.88. The lowest BCUT2D eigenvalue weighted by Gasteiger charge is -2.07. The number of aromatic nitrogens is 2. The van der Waals surface area contributed by atoms with E-state index in [1.807, 2.05) is 41.2 Å². The Labute approximate surface area is 100 Å². The molecule has 3 N–H and O–H groups in total. The van der Waals surface area contributed by atoms with Gasteiger partial charge in [0.1, 0.15) is 5.82 Å². The first kappa shape index (κ1) is 10.4. The number of benzene rings is 1. The molecule has 1 aliphatic carbocycles. The van der Waals surface area contributed by atoms with Gasteiger partial charge in [-0.3, -0.25) is 0 Å². The molecule has 0 saturated heterocycles. The minimum absolute atomic E-state index is 0.529. The summed E-state index contributed by atoms with van der Waals surface area (Å²) in [5.74, 6) is 0.944. The van der Waals surface area contributed by atoms with E-state index in [9.17, 15) is 0 Å². The average Bonchev–Trinajstić information content (AvgIpc) is 3.05. The van der Waals surface area contributed by atoms with E-state index in [2.05, 4.69) is 10.4 Å². The van der Waals surface area contributed by atoms with Crippen LogP contribution in [0.25, 0.3) is 5.69 Å². The molecule has 3 rings (SSSR count). The van der Waals surface area contributed by atoms with Crippen LogP contribution in [0, 0.1) is 0 Å². The maximum absolute atomic E-state index is 5.73. The Morgan fingerprint density at radius 1 is 1.29 bits per heavy atom. The maximum atomic E-state index is 5.73. The van der Waals surface area contributed by atoms with E-state index in [0.717, 1.165) is 17.1 Å². The minimum atomic E-state index is 0.529. The van der Waals surface area contributed by atoms with Gasteiger partial charge in [0.2, 0.25) is 0 Å². The summed E-state index contributed by atoms with van der Waals surface area (Å²) in [6.07, 6.45) is 4.48. The molecule has 88 valence electrons. The van der Waals surface area contributed by atoms with Crippen LogP contribution < -0.4 is 11.1 Å². The van der Waals surface area contributed by atoms with E-state index in [4.69, 9.17) is 5.73 Å². The van der Waals surface area contributed by atoms with Gasteiger partial charge in [-0.15, -0.1) is 0 Å². The van der Waals surface area contributed by atoms with Crippen molar-refractivity contribution in [1.82, 2.24) is 9.78 Å². The van der Waals surface area contributed by atoms with Crippen LogP contribution in [0.4, 0.5) is 5.82 Å². The molecule has 2 aromatic rings. The summed E-state index contributed by atoms with van der Waals surface area (Å²) < 4.78 is 1.88. The Bertz CT molecular complexity index is 514. The Balaban J connectivity index is 1.88. The molecule has 1 aromatic carbocycles. The molecule has 1 fully saturated rings.